The minimum Gasteiger partial charge on any atom is -0.487 e. The first kappa shape index (κ1) is 18.5. The molecule has 1 amide bonds. The molecule has 0 fully saturated rings. The van der Waals surface area contributed by atoms with E-state index < -0.39 is 0 Å². The molecule has 0 bridgehead atoms. The molecule has 0 radical (unpaired) electrons. The molecular formula is C19H22N4O4. The highest BCUT2D eigenvalue weighted by Gasteiger charge is 2.14. The lowest BCUT2D eigenvalue weighted by Crippen LogP contribution is -2.23. The Kier molecular flexibility index (Phi) is 5.77. The van der Waals surface area contributed by atoms with E-state index in [1.807, 2.05) is 12.1 Å². The molecule has 1 aromatic carbocycles. The lowest BCUT2D eigenvalue weighted by molar-refractivity contribution is 0.145. The number of pyridine rings is 1. The molecule has 2 aromatic heterocycles. The van der Waals surface area contributed by atoms with Crippen molar-refractivity contribution in [2.45, 2.75) is 0 Å². The van der Waals surface area contributed by atoms with Crippen molar-refractivity contribution in [3.05, 3.63) is 42.7 Å². The first-order chi connectivity index (χ1) is 13.2. The molecule has 0 aliphatic heterocycles. The number of carbonyl (C=O) groups is 1. The molecule has 0 spiro atoms. The number of fused-ring (bicyclic) bond motifs is 1. The highest BCUT2D eigenvalue weighted by atomic mass is 16.5. The summed E-state index contributed by atoms with van der Waals surface area (Å²) in [6, 6.07) is 8.81. The van der Waals surface area contributed by atoms with Gasteiger partial charge in [-0.25, -0.2) is 9.78 Å². The summed E-state index contributed by atoms with van der Waals surface area (Å²) in [5.74, 6) is 2.38. The van der Waals surface area contributed by atoms with Gasteiger partial charge in [0.1, 0.15) is 18.2 Å². The van der Waals surface area contributed by atoms with Gasteiger partial charge in [0.05, 0.1) is 12.1 Å². The first-order valence-corrected chi connectivity index (χ1v) is 8.47. The van der Waals surface area contributed by atoms with Gasteiger partial charge in [-0.2, -0.15) is 0 Å². The van der Waals surface area contributed by atoms with Crippen LogP contribution in [0.4, 0.5) is 10.6 Å². The van der Waals surface area contributed by atoms with E-state index in [1.54, 1.807) is 51.8 Å². The predicted molar refractivity (Wildman–Crippen MR) is 103 cm³/mol. The number of rotatable bonds is 7. The number of aromatic nitrogens is 2. The summed E-state index contributed by atoms with van der Waals surface area (Å²) in [5.41, 5.74) is 0.722. The summed E-state index contributed by atoms with van der Waals surface area (Å²) in [4.78, 5) is 16.2. The second-order valence-corrected chi connectivity index (χ2v) is 5.67. The Morgan fingerprint density at radius 3 is 2.74 bits per heavy atom. The summed E-state index contributed by atoms with van der Waals surface area (Å²) >= 11 is 0. The Morgan fingerprint density at radius 1 is 1.15 bits per heavy atom. The van der Waals surface area contributed by atoms with E-state index in [4.69, 9.17) is 14.2 Å². The predicted octanol–water partition coefficient (Wildman–Crippen LogP) is 3.08. The zero-order chi connectivity index (χ0) is 19.2. The standard InChI is InChI=1S/C19H22N4O4/c1-20-18-11-14(4-6-22-18)27-17-10-13-5-7-23(19(24)21-2)15(13)12-16(17)26-9-8-25-3/h4-7,10-12H,8-9H2,1-3H3,(H,20,22)(H,21,24). The van der Waals surface area contributed by atoms with Gasteiger partial charge in [0.15, 0.2) is 11.5 Å². The van der Waals surface area contributed by atoms with Crippen molar-refractivity contribution in [3.63, 3.8) is 0 Å². The normalized spacial score (nSPS) is 10.6. The minimum atomic E-state index is -0.227. The zero-order valence-electron chi connectivity index (χ0n) is 15.5. The Morgan fingerprint density at radius 2 is 2.00 bits per heavy atom. The van der Waals surface area contributed by atoms with E-state index in [0.29, 0.717) is 36.3 Å². The molecule has 0 saturated carbocycles. The van der Waals surface area contributed by atoms with Crippen molar-refractivity contribution in [2.75, 3.05) is 39.7 Å². The number of benzene rings is 1. The summed E-state index contributed by atoms with van der Waals surface area (Å²) in [6.07, 6.45) is 3.37. The van der Waals surface area contributed by atoms with Crippen LogP contribution in [0.2, 0.25) is 0 Å². The molecule has 0 atom stereocenters. The molecule has 3 rings (SSSR count). The maximum Gasteiger partial charge on any atom is 0.325 e. The number of hydrogen-bond acceptors (Lipinski definition) is 6. The number of nitrogens with zero attached hydrogens (tertiary/aromatic N) is 2. The summed E-state index contributed by atoms with van der Waals surface area (Å²) < 4.78 is 18.4. The molecular weight excluding hydrogens is 348 g/mol. The van der Waals surface area contributed by atoms with Crippen LogP contribution in [0.15, 0.2) is 42.7 Å². The van der Waals surface area contributed by atoms with Crippen LogP contribution in [-0.4, -0.2) is 50.0 Å². The minimum absolute atomic E-state index is 0.227. The molecule has 2 heterocycles. The molecule has 0 saturated heterocycles. The average Bonchev–Trinajstić information content (AvgIpc) is 3.10. The fourth-order valence-electron chi connectivity index (χ4n) is 2.61. The van der Waals surface area contributed by atoms with Crippen molar-refractivity contribution in [1.29, 1.82) is 0 Å². The second-order valence-electron chi connectivity index (χ2n) is 5.67. The Labute approximate surface area is 157 Å². The van der Waals surface area contributed by atoms with Gasteiger partial charge in [-0.15, -0.1) is 0 Å². The SMILES string of the molecule is CNC(=O)n1ccc2cc(Oc3ccnc(NC)c3)c(OCCOC)cc21. The lowest BCUT2D eigenvalue weighted by Gasteiger charge is -2.14. The average molecular weight is 370 g/mol. The summed E-state index contributed by atoms with van der Waals surface area (Å²) in [6.45, 7) is 0.796. The smallest absolute Gasteiger partial charge is 0.325 e. The molecule has 27 heavy (non-hydrogen) atoms. The van der Waals surface area contributed by atoms with Crippen molar-refractivity contribution in [1.82, 2.24) is 14.9 Å². The van der Waals surface area contributed by atoms with Gasteiger partial charge in [0.25, 0.3) is 0 Å². The zero-order valence-corrected chi connectivity index (χ0v) is 15.5. The fourth-order valence-corrected chi connectivity index (χ4v) is 2.61. The first-order valence-electron chi connectivity index (χ1n) is 8.47. The number of anilines is 1. The summed E-state index contributed by atoms with van der Waals surface area (Å²) in [5, 5.41) is 6.45. The largest absolute Gasteiger partial charge is 0.487 e. The maximum atomic E-state index is 12.1. The molecule has 142 valence electrons. The van der Waals surface area contributed by atoms with Gasteiger partial charge in [-0.05, 0) is 18.2 Å². The Bertz CT molecular complexity index is 939. The molecule has 3 aromatic rings. The monoisotopic (exact) mass is 370 g/mol. The fraction of sp³-hybridized carbons (Fsp3) is 0.263. The number of methoxy groups -OCH3 is 1. The van der Waals surface area contributed by atoms with E-state index >= 15 is 0 Å². The molecule has 2 N–H and O–H groups in total. The van der Waals surface area contributed by atoms with Crippen LogP contribution in [0, 0.1) is 0 Å². The maximum absolute atomic E-state index is 12.1. The number of hydrogen-bond donors (Lipinski definition) is 2. The molecule has 0 aliphatic carbocycles. The van der Waals surface area contributed by atoms with Crippen LogP contribution in [-0.2, 0) is 4.74 Å². The highest BCUT2D eigenvalue weighted by Crippen LogP contribution is 2.36. The number of carbonyl (C=O) groups excluding carboxylic acids is 1. The third-order valence-corrected chi connectivity index (χ3v) is 3.95. The van der Waals surface area contributed by atoms with Crippen LogP contribution in [0.5, 0.6) is 17.2 Å². The van der Waals surface area contributed by atoms with E-state index in [-0.39, 0.29) is 6.03 Å². The Balaban J connectivity index is 2.00. The van der Waals surface area contributed by atoms with Crippen molar-refractivity contribution in [3.8, 4) is 17.2 Å². The third-order valence-electron chi connectivity index (χ3n) is 3.95. The van der Waals surface area contributed by atoms with Gasteiger partial charge < -0.3 is 24.8 Å². The van der Waals surface area contributed by atoms with E-state index in [0.717, 1.165) is 10.9 Å². The molecule has 8 heteroatoms. The number of amides is 1. The van der Waals surface area contributed by atoms with Crippen LogP contribution < -0.4 is 20.1 Å². The number of nitrogens with one attached hydrogen (secondary N) is 2. The van der Waals surface area contributed by atoms with Gasteiger partial charge in [-0.3, -0.25) is 4.57 Å². The van der Waals surface area contributed by atoms with Gasteiger partial charge in [0, 0.05) is 51.1 Å². The van der Waals surface area contributed by atoms with Crippen LogP contribution in [0.25, 0.3) is 10.9 Å². The lowest BCUT2D eigenvalue weighted by atomic mass is 10.2. The van der Waals surface area contributed by atoms with Crippen molar-refractivity contribution >= 4 is 22.8 Å². The quantitative estimate of drug-likeness (QED) is 0.622. The number of ether oxygens (including phenoxy) is 3. The van der Waals surface area contributed by atoms with Gasteiger partial charge in [-0.1, -0.05) is 0 Å². The highest BCUT2D eigenvalue weighted by molar-refractivity contribution is 5.93. The Hall–Kier alpha value is -3.26. The van der Waals surface area contributed by atoms with Crippen LogP contribution >= 0.6 is 0 Å². The molecule has 8 nitrogen and oxygen atoms in total. The van der Waals surface area contributed by atoms with Gasteiger partial charge in [0.2, 0.25) is 0 Å². The van der Waals surface area contributed by atoms with Gasteiger partial charge >= 0.3 is 6.03 Å². The topological polar surface area (TPSA) is 86.6 Å². The van der Waals surface area contributed by atoms with Crippen LogP contribution in [0.1, 0.15) is 0 Å². The van der Waals surface area contributed by atoms with E-state index in [2.05, 4.69) is 15.6 Å². The second kappa shape index (κ2) is 8.41. The van der Waals surface area contributed by atoms with E-state index in [1.165, 1.54) is 4.57 Å². The van der Waals surface area contributed by atoms with Crippen molar-refractivity contribution < 1.29 is 19.0 Å². The molecule has 0 aliphatic rings. The van der Waals surface area contributed by atoms with Crippen molar-refractivity contribution in [2.24, 2.45) is 0 Å². The van der Waals surface area contributed by atoms with Crippen LogP contribution in [0.3, 0.4) is 0 Å². The molecule has 0 unspecified atom stereocenters. The summed E-state index contributed by atoms with van der Waals surface area (Å²) in [7, 11) is 4.99. The third kappa shape index (κ3) is 4.12. The van der Waals surface area contributed by atoms with E-state index in [9.17, 15) is 4.79 Å².